The number of nitrogens with zero attached hydrogens (tertiary/aromatic N) is 4. The van der Waals surface area contributed by atoms with Crippen LogP contribution in [0.2, 0.25) is 0 Å². The first-order valence-electron chi connectivity index (χ1n) is 4.92. The standard InChI is InChI=1S/C10H13N5/c1-2-11-6-9-7-14-15(8-9)10-12-4-3-5-13-10/h3-5,7-8,11H,2,6H2,1H3. The van der Waals surface area contributed by atoms with Gasteiger partial charge in [0.2, 0.25) is 5.95 Å². The van der Waals surface area contributed by atoms with Crippen LogP contribution in [0.5, 0.6) is 0 Å². The maximum Gasteiger partial charge on any atom is 0.250 e. The number of rotatable bonds is 4. The minimum absolute atomic E-state index is 0.597. The largest absolute Gasteiger partial charge is 0.313 e. The Balaban J connectivity index is 2.14. The average molecular weight is 203 g/mol. The third-order valence-electron chi connectivity index (χ3n) is 1.97. The lowest BCUT2D eigenvalue weighted by atomic mass is 10.3. The molecule has 78 valence electrons. The highest BCUT2D eigenvalue weighted by atomic mass is 15.3. The lowest BCUT2D eigenvalue weighted by molar-refractivity contribution is 0.726. The molecular formula is C10H13N5. The van der Waals surface area contributed by atoms with Gasteiger partial charge in [-0.2, -0.15) is 5.10 Å². The van der Waals surface area contributed by atoms with Gasteiger partial charge in [0, 0.05) is 30.7 Å². The highest BCUT2D eigenvalue weighted by Crippen LogP contribution is 2.01. The third kappa shape index (κ3) is 2.38. The Morgan fingerprint density at radius 2 is 2.13 bits per heavy atom. The Labute approximate surface area is 88.2 Å². The molecular weight excluding hydrogens is 190 g/mol. The van der Waals surface area contributed by atoms with Crippen LogP contribution in [0, 0.1) is 0 Å². The van der Waals surface area contributed by atoms with Crippen LogP contribution in [0.15, 0.2) is 30.9 Å². The molecule has 0 amide bonds. The van der Waals surface area contributed by atoms with Crippen LogP contribution < -0.4 is 5.32 Å². The van der Waals surface area contributed by atoms with E-state index in [1.54, 1.807) is 23.1 Å². The van der Waals surface area contributed by atoms with E-state index in [4.69, 9.17) is 0 Å². The van der Waals surface area contributed by atoms with Crippen LogP contribution in [-0.2, 0) is 6.54 Å². The SMILES string of the molecule is CCNCc1cnn(-c2ncccn2)c1. The molecule has 0 saturated carbocycles. The predicted molar refractivity (Wildman–Crippen MR) is 56.5 cm³/mol. The van der Waals surface area contributed by atoms with Crippen LogP contribution in [0.4, 0.5) is 0 Å². The molecule has 0 bridgehead atoms. The van der Waals surface area contributed by atoms with Gasteiger partial charge in [0.05, 0.1) is 6.20 Å². The van der Waals surface area contributed by atoms with Crippen molar-refractivity contribution in [2.75, 3.05) is 6.54 Å². The molecule has 2 heterocycles. The predicted octanol–water partition coefficient (Wildman–Crippen LogP) is 0.772. The summed E-state index contributed by atoms with van der Waals surface area (Å²) in [4.78, 5) is 8.22. The molecule has 0 aliphatic heterocycles. The van der Waals surface area contributed by atoms with Gasteiger partial charge in [-0.05, 0) is 12.6 Å². The molecule has 0 aliphatic carbocycles. The van der Waals surface area contributed by atoms with Gasteiger partial charge in [-0.1, -0.05) is 6.92 Å². The zero-order valence-electron chi connectivity index (χ0n) is 8.59. The summed E-state index contributed by atoms with van der Waals surface area (Å²) in [6, 6.07) is 1.78. The first kappa shape index (κ1) is 9.79. The smallest absolute Gasteiger partial charge is 0.250 e. The summed E-state index contributed by atoms with van der Waals surface area (Å²) in [6.07, 6.45) is 7.15. The van der Waals surface area contributed by atoms with Crippen LogP contribution in [-0.4, -0.2) is 26.3 Å². The second-order valence-corrected chi connectivity index (χ2v) is 3.12. The molecule has 2 rings (SSSR count). The van der Waals surface area contributed by atoms with Crippen molar-refractivity contribution in [3.8, 4) is 5.95 Å². The summed E-state index contributed by atoms with van der Waals surface area (Å²) in [5.74, 6) is 0.597. The molecule has 0 atom stereocenters. The molecule has 15 heavy (non-hydrogen) atoms. The summed E-state index contributed by atoms with van der Waals surface area (Å²) in [6.45, 7) is 3.85. The van der Waals surface area contributed by atoms with Crippen molar-refractivity contribution in [3.63, 3.8) is 0 Å². The molecule has 0 spiro atoms. The monoisotopic (exact) mass is 203 g/mol. The summed E-state index contributed by atoms with van der Waals surface area (Å²) >= 11 is 0. The molecule has 0 saturated heterocycles. The Kier molecular flexibility index (Phi) is 3.04. The molecule has 0 aromatic carbocycles. The van der Waals surface area contributed by atoms with Gasteiger partial charge in [0.1, 0.15) is 0 Å². The Morgan fingerprint density at radius 1 is 1.33 bits per heavy atom. The van der Waals surface area contributed by atoms with E-state index in [0.29, 0.717) is 5.95 Å². The highest BCUT2D eigenvalue weighted by Gasteiger charge is 2.01. The van der Waals surface area contributed by atoms with Gasteiger partial charge in [-0.3, -0.25) is 0 Å². The van der Waals surface area contributed by atoms with Gasteiger partial charge in [0.25, 0.3) is 0 Å². The molecule has 1 N–H and O–H groups in total. The fourth-order valence-electron chi connectivity index (χ4n) is 1.24. The maximum atomic E-state index is 4.19. The van der Waals surface area contributed by atoms with Crippen LogP contribution in [0.1, 0.15) is 12.5 Å². The molecule has 0 fully saturated rings. The fourth-order valence-corrected chi connectivity index (χ4v) is 1.24. The van der Waals surface area contributed by atoms with Crippen LogP contribution in [0.3, 0.4) is 0 Å². The quantitative estimate of drug-likeness (QED) is 0.797. The third-order valence-corrected chi connectivity index (χ3v) is 1.97. The second kappa shape index (κ2) is 4.65. The Bertz CT molecular complexity index is 409. The first-order valence-corrected chi connectivity index (χ1v) is 4.92. The van der Waals surface area contributed by atoms with E-state index < -0.39 is 0 Å². The van der Waals surface area contributed by atoms with Crippen molar-refractivity contribution in [1.29, 1.82) is 0 Å². The molecule has 5 heteroatoms. The van der Waals surface area contributed by atoms with E-state index >= 15 is 0 Å². The van der Waals surface area contributed by atoms with E-state index in [0.717, 1.165) is 18.7 Å². The summed E-state index contributed by atoms with van der Waals surface area (Å²) in [5.41, 5.74) is 1.13. The van der Waals surface area contributed by atoms with Crippen LogP contribution in [0.25, 0.3) is 5.95 Å². The molecule has 0 radical (unpaired) electrons. The lowest BCUT2D eigenvalue weighted by Crippen LogP contribution is -2.11. The first-order chi connectivity index (χ1) is 7.40. The lowest BCUT2D eigenvalue weighted by Gasteiger charge is -1.97. The molecule has 2 aromatic heterocycles. The second-order valence-electron chi connectivity index (χ2n) is 3.12. The van der Waals surface area contributed by atoms with Crippen molar-refractivity contribution in [2.24, 2.45) is 0 Å². The average Bonchev–Trinajstić information content (AvgIpc) is 2.76. The highest BCUT2D eigenvalue weighted by molar-refractivity contribution is 5.13. The van der Waals surface area contributed by atoms with Crippen LogP contribution >= 0.6 is 0 Å². The fraction of sp³-hybridized carbons (Fsp3) is 0.300. The van der Waals surface area contributed by atoms with Crippen molar-refractivity contribution in [1.82, 2.24) is 25.1 Å². The minimum atomic E-state index is 0.597. The molecule has 0 aliphatic rings. The van der Waals surface area contributed by atoms with Gasteiger partial charge in [-0.25, -0.2) is 14.6 Å². The zero-order valence-corrected chi connectivity index (χ0v) is 8.59. The van der Waals surface area contributed by atoms with Gasteiger partial charge >= 0.3 is 0 Å². The summed E-state index contributed by atoms with van der Waals surface area (Å²) in [7, 11) is 0. The summed E-state index contributed by atoms with van der Waals surface area (Å²) in [5, 5.41) is 7.43. The van der Waals surface area contributed by atoms with Crippen molar-refractivity contribution < 1.29 is 0 Å². The van der Waals surface area contributed by atoms with Crippen molar-refractivity contribution in [2.45, 2.75) is 13.5 Å². The normalized spacial score (nSPS) is 10.5. The molecule has 2 aromatic rings. The van der Waals surface area contributed by atoms with Gasteiger partial charge in [0.15, 0.2) is 0 Å². The number of hydrogen-bond acceptors (Lipinski definition) is 4. The van der Waals surface area contributed by atoms with E-state index in [9.17, 15) is 0 Å². The topological polar surface area (TPSA) is 55.6 Å². The Hall–Kier alpha value is -1.75. The van der Waals surface area contributed by atoms with E-state index in [-0.39, 0.29) is 0 Å². The maximum absolute atomic E-state index is 4.19. The van der Waals surface area contributed by atoms with E-state index in [1.807, 2.05) is 12.4 Å². The van der Waals surface area contributed by atoms with Crippen molar-refractivity contribution in [3.05, 3.63) is 36.4 Å². The van der Waals surface area contributed by atoms with Gasteiger partial charge < -0.3 is 5.32 Å². The van der Waals surface area contributed by atoms with Gasteiger partial charge in [-0.15, -0.1) is 0 Å². The molecule has 5 nitrogen and oxygen atoms in total. The number of hydrogen-bond donors (Lipinski definition) is 1. The number of nitrogens with one attached hydrogen (secondary N) is 1. The minimum Gasteiger partial charge on any atom is -0.313 e. The van der Waals surface area contributed by atoms with E-state index in [1.165, 1.54) is 0 Å². The summed E-state index contributed by atoms with van der Waals surface area (Å²) < 4.78 is 1.67. The molecule has 0 unspecified atom stereocenters. The van der Waals surface area contributed by atoms with Crippen molar-refractivity contribution >= 4 is 0 Å². The Morgan fingerprint density at radius 3 is 2.87 bits per heavy atom. The van der Waals surface area contributed by atoms with E-state index in [2.05, 4.69) is 27.3 Å². The number of aromatic nitrogens is 4. The zero-order chi connectivity index (χ0) is 10.5.